The van der Waals surface area contributed by atoms with Gasteiger partial charge in [-0.1, -0.05) is 181 Å². The summed E-state index contributed by atoms with van der Waals surface area (Å²) in [6.45, 7) is 25.7. The highest BCUT2D eigenvalue weighted by Gasteiger charge is 2.37. The average Bonchev–Trinajstić information content (AvgIpc) is 3.74. The van der Waals surface area contributed by atoms with Crippen LogP contribution in [0.1, 0.15) is 98.2 Å². The molecule has 8 aromatic rings. The van der Waals surface area contributed by atoms with Crippen molar-refractivity contribution in [3.05, 3.63) is 196 Å². The lowest BCUT2D eigenvalue weighted by atomic mass is 9.80. The molecule has 0 saturated heterocycles. The molecule has 0 amide bonds. The number of thiophene rings is 1. The van der Waals surface area contributed by atoms with Gasteiger partial charge in [0.2, 0.25) is 0 Å². The monoisotopic (exact) mass is 864 g/mol. The van der Waals surface area contributed by atoms with Gasteiger partial charge in [0.15, 0.2) is 0 Å². The molecule has 0 N–H and O–H groups in total. The lowest BCUT2D eigenvalue weighted by Gasteiger charge is -2.25. The maximum absolute atomic E-state index is 3.90. The minimum atomic E-state index is -0.520. The first kappa shape index (κ1) is 47.1. The summed E-state index contributed by atoms with van der Waals surface area (Å²) in [6, 6.07) is 51.7. The van der Waals surface area contributed by atoms with Crippen LogP contribution in [0.15, 0.2) is 157 Å². The number of hydrogen-bond acceptors (Lipinski definition) is 1. The van der Waals surface area contributed by atoms with Crippen molar-refractivity contribution in [1.82, 2.24) is 0 Å². The zero-order valence-corrected chi connectivity index (χ0v) is 41.7. The van der Waals surface area contributed by atoms with E-state index < -0.39 is 10.0 Å². The molecular weight excluding hydrogens is 797 g/mol. The highest BCUT2D eigenvalue weighted by molar-refractivity contribution is 8.32. The topological polar surface area (TPSA) is 0 Å². The molecule has 324 valence electrons. The fourth-order valence-corrected chi connectivity index (χ4v) is 10.6. The molecular formula is C61H68S2. The van der Waals surface area contributed by atoms with E-state index in [-0.39, 0.29) is 5.41 Å². The second-order valence-electron chi connectivity index (χ2n) is 18.2. The van der Waals surface area contributed by atoms with Gasteiger partial charge >= 0.3 is 0 Å². The molecule has 1 aromatic heterocycles. The van der Waals surface area contributed by atoms with E-state index in [0.29, 0.717) is 5.92 Å². The molecule has 9 rings (SSSR count). The number of fused-ring (bicyclic) bond motifs is 6. The summed E-state index contributed by atoms with van der Waals surface area (Å²) >= 11 is 1.81. The molecule has 0 nitrogen and oxygen atoms in total. The summed E-state index contributed by atoms with van der Waals surface area (Å²) in [7, 11) is -0.520. The van der Waals surface area contributed by atoms with Gasteiger partial charge in [-0.15, -0.1) is 11.3 Å². The molecule has 0 saturated carbocycles. The standard InChI is InChI=1S/C33H28.C16H18S.C10H16S.C2H6/c1-21-14-15-28-30(18-21)33(3,4)31-20-29(26-12-8-9-13-27(26)32(28)31)25-17-22(2)16-24(19-25)23-10-6-5-7-11-23;1-5-7-13-14-10-12(11(3)4)8-9-16(14)17-15(13)6-2;1-9-5-7-10(8-6-9)11(2,3)4;1-2/h5-20H,1-4H3;5-11H,2H2,1,3-4H3;5-8H,1-4H3;1-2H3/b;7-5-;;. The smallest absolute Gasteiger partial charge is 0.0355 e. The van der Waals surface area contributed by atoms with Crippen molar-refractivity contribution < 1.29 is 0 Å². The number of rotatable bonds is 6. The molecule has 1 aliphatic carbocycles. The van der Waals surface area contributed by atoms with Gasteiger partial charge in [0.05, 0.1) is 0 Å². The molecule has 7 aromatic carbocycles. The maximum atomic E-state index is 3.90. The quantitative estimate of drug-likeness (QED) is 0.156. The third-order valence-corrected chi connectivity index (χ3v) is 14.9. The Balaban J connectivity index is 0.000000183. The van der Waals surface area contributed by atoms with Crippen LogP contribution in [0.25, 0.3) is 66.4 Å². The molecule has 2 heteroatoms. The Bertz CT molecular complexity index is 2870. The van der Waals surface area contributed by atoms with Crippen LogP contribution in [-0.2, 0) is 5.41 Å². The predicted octanol–water partition coefficient (Wildman–Crippen LogP) is 18.9. The minimum Gasteiger partial charge on any atom is -0.223 e. The molecule has 0 unspecified atom stereocenters. The summed E-state index contributed by atoms with van der Waals surface area (Å²) in [6.07, 6.45) is 13.2. The van der Waals surface area contributed by atoms with Crippen LogP contribution in [0.5, 0.6) is 0 Å². The van der Waals surface area contributed by atoms with Crippen LogP contribution >= 0.6 is 21.4 Å². The third kappa shape index (κ3) is 10.2. The van der Waals surface area contributed by atoms with Gasteiger partial charge < -0.3 is 0 Å². The second-order valence-corrected chi connectivity index (χ2v) is 23.4. The first-order valence-corrected chi connectivity index (χ1v) is 26.2. The van der Waals surface area contributed by atoms with Crippen LogP contribution in [0, 0.1) is 20.8 Å². The van der Waals surface area contributed by atoms with Gasteiger partial charge in [-0.3, -0.25) is 0 Å². The first-order chi connectivity index (χ1) is 30.1. The van der Waals surface area contributed by atoms with Gasteiger partial charge in [0.25, 0.3) is 0 Å². The summed E-state index contributed by atoms with van der Waals surface area (Å²) in [4.78, 5) is 2.75. The summed E-state index contributed by atoms with van der Waals surface area (Å²) in [5.74, 6) is 0.574. The van der Waals surface area contributed by atoms with Gasteiger partial charge in [0.1, 0.15) is 0 Å². The van der Waals surface area contributed by atoms with E-state index in [9.17, 15) is 0 Å². The van der Waals surface area contributed by atoms with Crippen molar-refractivity contribution in [1.29, 1.82) is 0 Å². The van der Waals surface area contributed by atoms with Crippen LogP contribution in [0.3, 0.4) is 0 Å². The Kier molecular flexibility index (Phi) is 14.9. The Morgan fingerprint density at radius 3 is 1.86 bits per heavy atom. The van der Waals surface area contributed by atoms with Crippen molar-refractivity contribution in [3.8, 4) is 33.4 Å². The molecule has 1 heterocycles. The second kappa shape index (κ2) is 20.0. The molecule has 63 heavy (non-hydrogen) atoms. The summed E-state index contributed by atoms with van der Waals surface area (Å²) in [5, 5.41) is 4.03. The zero-order valence-electron chi connectivity index (χ0n) is 40.1. The van der Waals surface area contributed by atoms with E-state index in [1.54, 1.807) is 0 Å². The van der Waals surface area contributed by atoms with Crippen LogP contribution < -0.4 is 0 Å². The van der Waals surface area contributed by atoms with Crippen molar-refractivity contribution in [2.24, 2.45) is 0 Å². The van der Waals surface area contributed by atoms with E-state index in [2.05, 4.69) is 232 Å². The summed E-state index contributed by atoms with van der Waals surface area (Å²) < 4.78 is 1.34. The van der Waals surface area contributed by atoms with E-state index in [1.807, 2.05) is 31.3 Å². The van der Waals surface area contributed by atoms with Crippen molar-refractivity contribution >= 4 is 54.4 Å². The van der Waals surface area contributed by atoms with Gasteiger partial charge in [-0.25, -0.2) is 10.0 Å². The summed E-state index contributed by atoms with van der Waals surface area (Å²) in [5.41, 5.74) is 17.4. The predicted molar refractivity (Wildman–Crippen MR) is 289 cm³/mol. The van der Waals surface area contributed by atoms with E-state index in [4.69, 9.17) is 0 Å². The van der Waals surface area contributed by atoms with Gasteiger partial charge in [0, 0.05) is 20.4 Å². The molecule has 0 spiro atoms. The molecule has 0 bridgehead atoms. The normalized spacial score (nSPS) is 12.7. The molecule has 1 aliphatic rings. The lowest BCUT2D eigenvalue weighted by molar-refractivity contribution is 0.660. The number of aryl methyl sites for hydroxylation is 3. The van der Waals surface area contributed by atoms with Crippen LogP contribution in [-0.4, -0.2) is 18.8 Å². The fourth-order valence-electron chi connectivity index (χ4n) is 8.62. The largest absolute Gasteiger partial charge is 0.223 e. The van der Waals surface area contributed by atoms with E-state index in [1.165, 1.54) is 103 Å². The zero-order chi connectivity index (χ0) is 45.6. The van der Waals surface area contributed by atoms with E-state index >= 15 is 0 Å². The molecule has 0 radical (unpaired) electrons. The fraction of sp³-hybridized carbons (Fsp3) is 0.246. The molecule has 0 aliphatic heterocycles. The average molecular weight is 865 g/mol. The van der Waals surface area contributed by atoms with Crippen molar-refractivity contribution in [2.75, 3.05) is 18.8 Å². The van der Waals surface area contributed by atoms with Gasteiger partial charge in [-0.05, 0) is 166 Å². The van der Waals surface area contributed by atoms with Crippen LogP contribution in [0.2, 0.25) is 0 Å². The van der Waals surface area contributed by atoms with E-state index in [0.717, 1.165) is 0 Å². The maximum Gasteiger partial charge on any atom is 0.0355 e. The highest BCUT2D eigenvalue weighted by Crippen LogP contribution is 2.53. The number of hydrogen-bond donors (Lipinski definition) is 0. The minimum absolute atomic E-state index is 0.0262. The Labute approximate surface area is 385 Å². The lowest BCUT2D eigenvalue weighted by Crippen LogP contribution is -2.15. The Morgan fingerprint density at radius 2 is 1.22 bits per heavy atom. The molecule has 0 atom stereocenters. The third-order valence-electron chi connectivity index (χ3n) is 12.0. The number of allylic oxidation sites excluding steroid dienone is 1. The first-order valence-electron chi connectivity index (χ1n) is 22.5. The Hall–Kier alpha value is -5.41. The SMILES string of the molecule is C=Cc1sc2ccc(C(C)C)cc2c1/C=C\C.CC.Cc1cc(-c2ccccc2)cc(-c2cc3c(c4ccccc24)-c2ccc(C)cc2C3(C)C)c1.Cc1ccc(S(C)(C)C)cc1. The van der Waals surface area contributed by atoms with Crippen molar-refractivity contribution in [2.45, 2.75) is 85.5 Å². The Morgan fingerprint density at radius 1 is 0.587 bits per heavy atom. The number of benzene rings is 7. The van der Waals surface area contributed by atoms with Gasteiger partial charge in [-0.2, -0.15) is 0 Å². The highest BCUT2D eigenvalue weighted by atomic mass is 32.3. The molecule has 0 fully saturated rings. The van der Waals surface area contributed by atoms with Crippen LogP contribution in [0.4, 0.5) is 0 Å². The van der Waals surface area contributed by atoms with Crippen molar-refractivity contribution in [3.63, 3.8) is 0 Å².